The number of halogens is 1. The zero-order valence-electron chi connectivity index (χ0n) is 12.0. The fourth-order valence-electron chi connectivity index (χ4n) is 2.94. The first-order chi connectivity index (χ1) is 9.67. The van der Waals surface area contributed by atoms with Crippen LogP contribution in [0.15, 0.2) is 16.7 Å². The second-order valence-corrected chi connectivity index (χ2v) is 6.31. The van der Waals surface area contributed by atoms with E-state index in [1.165, 1.54) is 0 Å². The van der Waals surface area contributed by atoms with Crippen LogP contribution < -0.4 is 0 Å². The zero-order chi connectivity index (χ0) is 14.5. The van der Waals surface area contributed by atoms with E-state index in [4.69, 9.17) is 0 Å². The van der Waals surface area contributed by atoms with Crippen LogP contribution >= 0.6 is 15.9 Å². The quantitative estimate of drug-likeness (QED) is 0.893. The van der Waals surface area contributed by atoms with Gasteiger partial charge in [-0.3, -0.25) is 4.79 Å². The van der Waals surface area contributed by atoms with Crippen molar-refractivity contribution in [2.75, 3.05) is 13.2 Å². The Labute approximate surface area is 128 Å². The summed E-state index contributed by atoms with van der Waals surface area (Å²) < 4.78 is 2.97. The molecule has 1 unspecified atom stereocenters. The predicted molar refractivity (Wildman–Crippen MR) is 82.8 cm³/mol. The Bertz CT molecular complexity index is 457. The molecule has 1 N–H and O–H groups in total. The third kappa shape index (κ3) is 3.44. The van der Waals surface area contributed by atoms with Crippen LogP contribution in [0.2, 0.25) is 0 Å². The van der Waals surface area contributed by atoms with Crippen molar-refractivity contribution in [3.8, 4) is 0 Å². The minimum atomic E-state index is 0.0994. The zero-order valence-corrected chi connectivity index (χ0v) is 13.6. The highest BCUT2D eigenvalue weighted by Gasteiger charge is 2.28. The lowest BCUT2D eigenvalue weighted by molar-refractivity contribution is 0.0563. The number of carbonyl (C=O) groups is 1. The van der Waals surface area contributed by atoms with Crippen molar-refractivity contribution >= 4 is 21.8 Å². The van der Waals surface area contributed by atoms with Gasteiger partial charge in [0.15, 0.2) is 0 Å². The summed E-state index contributed by atoms with van der Waals surface area (Å²) in [6, 6.07) is 2.09. The molecule has 0 aromatic carbocycles. The molecule has 1 aromatic rings. The Morgan fingerprint density at radius 1 is 1.50 bits per heavy atom. The molecule has 2 heterocycles. The van der Waals surface area contributed by atoms with Gasteiger partial charge in [0.05, 0.1) is 0 Å². The molecule has 0 bridgehead atoms. The van der Waals surface area contributed by atoms with Crippen molar-refractivity contribution < 1.29 is 9.90 Å². The molecular weight excluding hydrogens is 320 g/mol. The van der Waals surface area contributed by atoms with Crippen LogP contribution in [0.5, 0.6) is 0 Å². The highest BCUT2D eigenvalue weighted by Crippen LogP contribution is 2.24. The number of aliphatic hydroxyl groups is 1. The van der Waals surface area contributed by atoms with Crippen LogP contribution in [0.1, 0.15) is 49.5 Å². The van der Waals surface area contributed by atoms with E-state index in [2.05, 4.69) is 22.9 Å². The highest BCUT2D eigenvalue weighted by molar-refractivity contribution is 9.10. The highest BCUT2D eigenvalue weighted by atomic mass is 79.9. The molecule has 1 aliphatic rings. The number of amides is 1. The van der Waals surface area contributed by atoms with Crippen LogP contribution in [-0.4, -0.2) is 39.7 Å². The van der Waals surface area contributed by atoms with Gasteiger partial charge < -0.3 is 14.6 Å². The minimum Gasteiger partial charge on any atom is -0.396 e. The smallest absolute Gasteiger partial charge is 0.270 e. The Morgan fingerprint density at radius 3 is 3.00 bits per heavy atom. The number of aromatic nitrogens is 1. The first-order valence-electron chi connectivity index (χ1n) is 7.45. The molecular formula is C15H23BrN2O2. The van der Waals surface area contributed by atoms with Gasteiger partial charge >= 0.3 is 0 Å². The van der Waals surface area contributed by atoms with Gasteiger partial charge in [0, 0.05) is 36.4 Å². The number of rotatable bonds is 5. The Hall–Kier alpha value is -0.810. The third-order valence-corrected chi connectivity index (χ3v) is 4.33. The first kappa shape index (κ1) is 15.6. The number of hydrogen-bond acceptors (Lipinski definition) is 2. The molecule has 1 fully saturated rings. The summed E-state index contributed by atoms with van der Waals surface area (Å²) in [5, 5.41) is 9.18. The average molecular weight is 343 g/mol. The number of nitrogens with zero attached hydrogens (tertiary/aromatic N) is 2. The van der Waals surface area contributed by atoms with E-state index in [0.717, 1.165) is 48.9 Å². The van der Waals surface area contributed by atoms with Gasteiger partial charge in [0.1, 0.15) is 5.69 Å². The van der Waals surface area contributed by atoms with E-state index in [1.807, 2.05) is 21.7 Å². The second kappa shape index (κ2) is 7.27. The van der Waals surface area contributed by atoms with Gasteiger partial charge in [0.2, 0.25) is 0 Å². The molecule has 0 spiro atoms. The average Bonchev–Trinajstić information content (AvgIpc) is 2.80. The van der Waals surface area contributed by atoms with Crippen molar-refractivity contribution in [3.05, 3.63) is 22.4 Å². The largest absolute Gasteiger partial charge is 0.396 e. The lowest BCUT2D eigenvalue weighted by atomic mass is 9.99. The van der Waals surface area contributed by atoms with Gasteiger partial charge in [-0.05, 0) is 54.1 Å². The molecule has 1 saturated heterocycles. The summed E-state index contributed by atoms with van der Waals surface area (Å²) in [5.74, 6) is 0.0994. The lowest BCUT2D eigenvalue weighted by Crippen LogP contribution is -2.44. The molecule has 1 amide bonds. The van der Waals surface area contributed by atoms with Gasteiger partial charge in [-0.2, -0.15) is 0 Å². The summed E-state index contributed by atoms with van der Waals surface area (Å²) in [5.41, 5.74) is 0.753. The van der Waals surface area contributed by atoms with Gasteiger partial charge in [-0.1, -0.05) is 6.92 Å². The summed E-state index contributed by atoms with van der Waals surface area (Å²) in [4.78, 5) is 14.7. The van der Waals surface area contributed by atoms with Crippen molar-refractivity contribution in [1.82, 2.24) is 9.47 Å². The Morgan fingerprint density at radius 2 is 2.30 bits per heavy atom. The van der Waals surface area contributed by atoms with Gasteiger partial charge in [-0.25, -0.2) is 0 Å². The number of likely N-dealkylation sites (tertiary alicyclic amines) is 1. The number of carbonyl (C=O) groups excluding carboxylic acids is 1. The number of piperidine rings is 1. The Kier molecular flexibility index (Phi) is 5.66. The normalized spacial score (nSPS) is 19.4. The molecule has 1 aromatic heterocycles. The third-order valence-electron chi connectivity index (χ3n) is 3.90. The van der Waals surface area contributed by atoms with E-state index in [-0.39, 0.29) is 18.6 Å². The molecule has 4 nitrogen and oxygen atoms in total. The van der Waals surface area contributed by atoms with Crippen molar-refractivity contribution in [3.63, 3.8) is 0 Å². The molecule has 1 atom stereocenters. The number of hydrogen-bond donors (Lipinski definition) is 1. The van der Waals surface area contributed by atoms with Gasteiger partial charge in [0.25, 0.3) is 5.91 Å². The van der Waals surface area contributed by atoms with Crippen LogP contribution in [0, 0.1) is 0 Å². The Balaban J connectivity index is 2.20. The van der Waals surface area contributed by atoms with Crippen molar-refractivity contribution in [1.29, 1.82) is 0 Å². The number of aliphatic hydroxyl groups excluding tert-OH is 1. The summed E-state index contributed by atoms with van der Waals surface area (Å²) in [6.45, 7) is 3.91. The summed E-state index contributed by atoms with van der Waals surface area (Å²) >= 11 is 3.46. The van der Waals surface area contributed by atoms with Crippen LogP contribution in [0.4, 0.5) is 0 Å². The van der Waals surface area contributed by atoms with Crippen LogP contribution in [-0.2, 0) is 6.54 Å². The molecule has 5 heteroatoms. The van der Waals surface area contributed by atoms with Crippen molar-refractivity contribution in [2.45, 2.75) is 51.6 Å². The van der Waals surface area contributed by atoms with E-state index in [0.29, 0.717) is 6.42 Å². The van der Waals surface area contributed by atoms with Crippen LogP contribution in [0.25, 0.3) is 0 Å². The molecule has 0 saturated carbocycles. The number of aryl methyl sites for hydroxylation is 1. The van der Waals surface area contributed by atoms with Crippen molar-refractivity contribution in [2.24, 2.45) is 0 Å². The fraction of sp³-hybridized carbons (Fsp3) is 0.667. The molecule has 2 rings (SSSR count). The maximum absolute atomic E-state index is 12.8. The van der Waals surface area contributed by atoms with E-state index < -0.39 is 0 Å². The lowest BCUT2D eigenvalue weighted by Gasteiger charge is -2.35. The monoisotopic (exact) mass is 342 g/mol. The molecule has 1 aliphatic heterocycles. The van der Waals surface area contributed by atoms with E-state index >= 15 is 0 Å². The molecule has 112 valence electrons. The predicted octanol–water partition coefficient (Wildman–Crippen LogP) is 3.04. The summed E-state index contributed by atoms with van der Waals surface area (Å²) in [6.07, 6.45) is 6.87. The molecule has 0 radical (unpaired) electrons. The standard InChI is InChI=1S/C15H23BrN2O2/c1-2-7-17-11-12(16)10-14(17)15(20)18-8-4-3-5-13(18)6-9-19/h10-11,13,19H,2-9H2,1H3. The maximum atomic E-state index is 12.8. The topological polar surface area (TPSA) is 45.5 Å². The summed E-state index contributed by atoms with van der Waals surface area (Å²) in [7, 11) is 0. The maximum Gasteiger partial charge on any atom is 0.270 e. The fourth-order valence-corrected chi connectivity index (χ4v) is 3.41. The van der Waals surface area contributed by atoms with Gasteiger partial charge in [-0.15, -0.1) is 0 Å². The SMILES string of the molecule is CCCn1cc(Br)cc1C(=O)N1CCCCC1CCO. The molecule has 0 aliphatic carbocycles. The van der Waals surface area contributed by atoms with Crippen LogP contribution in [0.3, 0.4) is 0 Å². The minimum absolute atomic E-state index is 0.0994. The van der Waals surface area contributed by atoms with E-state index in [9.17, 15) is 9.90 Å². The second-order valence-electron chi connectivity index (χ2n) is 5.40. The van der Waals surface area contributed by atoms with E-state index in [1.54, 1.807) is 0 Å². The first-order valence-corrected chi connectivity index (χ1v) is 8.24. The molecule has 20 heavy (non-hydrogen) atoms.